The van der Waals surface area contributed by atoms with E-state index >= 15 is 0 Å². The minimum atomic E-state index is -0.273. The standard InChI is InChI=1S/C19H18ClFN4OS/c1-12-3-4-13(9-16(12)21)10-22-17(26)11-27-19-24-23-18(25(19)2)14-5-7-15(20)8-6-14/h3-9H,10-11H2,1-2H3,(H,22,26). The van der Waals surface area contributed by atoms with Crippen LogP contribution in [-0.2, 0) is 18.4 Å². The summed E-state index contributed by atoms with van der Waals surface area (Å²) in [5.41, 5.74) is 2.20. The Hall–Kier alpha value is -2.38. The van der Waals surface area contributed by atoms with Crippen molar-refractivity contribution in [1.29, 1.82) is 0 Å². The fourth-order valence-corrected chi connectivity index (χ4v) is 3.29. The molecule has 1 N–H and O–H groups in total. The van der Waals surface area contributed by atoms with E-state index in [0.717, 1.165) is 11.1 Å². The highest BCUT2D eigenvalue weighted by atomic mass is 35.5. The van der Waals surface area contributed by atoms with Crippen molar-refractivity contribution >= 4 is 29.3 Å². The molecule has 0 fully saturated rings. The fraction of sp³-hybridized carbons (Fsp3) is 0.211. The Morgan fingerprint density at radius 2 is 1.96 bits per heavy atom. The molecular formula is C19H18ClFN4OS. The number of hydrogen-bond donors (Lipinski definition) is 1. The molecule has 2 aromatic carbocycles. The number of hydrogen-bond acceptors (Lipinski definition) is 4. The third-order valence-corrected chi connectivity index (χ3v) is 5.27. The second-order valence-electron chi connectivity index (χ2n) is 6.02. The molecule has 1 aromatic heterocycles. The maximum Gasteiger partial charge on any atom is 0.230 e. The summed E-state index contributed by atoms with van der Waals surface area (Å²) in [5.74, 6) is 0.465. The first-order valence-electron chi connectivity index (χ1n) is 8.24. The van der Waals surface area contributed by atoms with Gasteiger partial charge in [-0.05, 0) is 48.4 Å². The summed E-state index contributed by atoms with van der Waals surface area (Å²) in [4.78, 5) is 12.1. The van der Waals surface area contributed by atoms with Crippen LogP contribution in [0.3, 0.4) is 0 Å². The van der Waals surface area contributed by atoms with Gasteiger partial charge in [-0.2, -0.15) is 0 Å². The van der Waals surface area contributed by atoms with Crippen molar-refractivity contribution in [2.24, 2.45) is 7.05 Å². The SMILES string of the molecule is Cc1ccc(CNC(=O)CSc2nnc(-c3ccc(Cl)cc3)n2C)cc1F. The van der Waals surface area contributed by atoms with Gasteiger partial charge in [0.15, 0.2) is 11.0 Å². The Morgan fingerprint density at radius 1 is 1.22 bits per heavy atom. The maximum atomic E-state index is 13.5. The predicted octanol–water partition coefficient (Wildman–Crippen LogP) is 3.99. The number of aryl methyl sites for hydroxylation is 1. The highest BCUT2D eigenvalue weighted by molar-refractivity contribution is 7.99. The van der Waals surface area contributed by atoms with Gasteiger partial charge >= 0.3 is 0 Å². The number of benzene rings is 2. The number of halogens is 2. The molecule has 0 aliphatic heterocycles. The number of rotatable bonds is 6. The van der Waals surface area contributed by atoms with E-state index in [0.29, 0.717) is 21.6 Å². The van der Waals surface area contributed by atoms with Crippen LogP contribution in [0.15, 0.2) is 47.6 Å². The number of nitrogens with one attached hydrogen (secondary N) is 1. The molecule has 3 aromatic rings. The van der Waals surface area contributed by atoms with Gasteiger partial charge in [-0.15, -0.1) is 10.2 Å². The van der Waals surface area contributed by atoms with Crippen molar-refractivity contribution in [3.05, 3.63) is 64.4 Å². The fourth-order valence-electron chi connectivity index (χ4n) is 2.42. The largest absolute Gasteiger partial charge is 0.351 e. The van der Waals surface area contributed by atoms with Crippen LogP contribution < -0.4 is 5.32 Å². The maximum absolute atomic E-state index is 13.5. The third-order valence-electron chi connectivity index (χ3n) is 4.00. The van der Waals surface area contributed by atoms with Crippen LogP contribution >= 0.6 is 23.4 Å². The smallest absolute Gasteiger partial charge is 0.230 e. The molecule has 27 heavy (non-hydrogen) atoms. The van der Waals surface area contributed by atoms with E-state index in [-0.39, 0.29) is 24.0 Å². The van der Waals surface area contributed by atoms with Gasteiger partial charge in [0.1, 0.15) is 5.82 Å². The van der Waals surface area contributed by atoms with Gasteiger partial charge in [-0.1, -0.05) is 35.5 Å². The van der Waals surface area contributed by atoms with E-state index in [1.165, 1.54) is 17.8 Å². The van der Waals surface area contributed by atoms with Crippen LogP contribution in [0.2, 0.25) is 5.02 Å². The van der Waals surface area contributed by atoms with Crippen molar-refractivity contribution < 1.29 is 9.18 Å². The molecule has 0 spiro atoms. The zero-order chi connectivity index (χ0) is 19.4. The van der Waals surface area contributed by atoms with Gasteiger partial charge in [0, 0.05) is 24.2 Å². The second kappa shape index (κ2) is 8.54. The molecular weight excluding hydrogens is 387 g/mol. The highest BCUT2D eigenvalue weighted by Gasteiger charge is 2.13. The lowest BCUT2D eigenvalue weighted by atomic mass is 10.1. The van der Waals surface area contributed by atoms with Crippen molar-refractivity contribution in [1.82, 2.24) is 20.1 Å². The normalized spacial score (nSPS) is 10.8. The molecule has 140 valence electrons. The van der Waals surface area contributed by atoms with Gasteiger partial charge in [-0.3, -0.25) is 4.79 Å². The van der Waals surface area contributed by atoms with E-state index in [1.54, 1.807) is 31.2 Å². The lowest BCUT2D eigenvalue weighted by Gasteiger charge is -2.07. The van der Waals surface area contributed by atoms with Crippen molar-refractivity contribution in [3.8, 4) is 11.4 Å². The van der Waals surface area contributed by atoms with Crippen LogP contribution in [-0.4, -0.2) is 26.4 Å². The van der Waals surface area contributed by atoms with Crippen molar-refractivity contribution in [3.63, 3.8) is 0 Å². The molecule has 0 radical (unpaired) electrons. The van der Waals surface area contributed by atoms with Gasteiger partial charge in [0.2, 0.25) is 5.91 Å². The highest BCUT2D eigenvalue weighted by Crippen LogP contribution is 2.23. The Kier molecular flexibility index (Phi) is 6.13. The average molecular weight is 405 g/mol. The van der Waals surface area contributed by atoms with Gasteiger partial charge in [0.25, 0.3) is 0 Å². The van der Waals surface area contributed by atoms with Gasteiger partial charge in [-0.25, -0.2) is 4.39 Å². The summed E-state index contributed by atoms with van der Waals surface area (Å²) < 4.78 is 15.4. The lowest BCUT2D eigenvalue weighted by molar-refractivity contribution is -0.118. The molecule has 8 heteroatoms. The van der Waals surface area contributed by atoms with Crippen molar-refractivity contribution in [2.45, 2.75) is 18.6 Å². The van der Waals surface area contributed by atoms with E-state index < -0.39 is 0 Å². The number of carbonyl (C=O) groups is 1. The molecule has 0 saturated heterocycles. The average Bonchev–Trinajstić information content (AvgIpc) is 3.02. The third kappa shape index (κ3) is 4.87. The zero-order valence-corrected chi connectivity index (χ0v) is 16.4. The Labute approximate surface area is 166 Å². The Morgan fingerprint density at radius 3 is 2.67 bits per heavy atom. The molecule has 0 aliphatic carbocycles. The second-order valence-corrected chi connectivity index (χ2v) is 7.40. The molecule has 0 bridgehead atoms. The quantitative estimate of drug-likeness (QED) is 0.631. The first-order chi connectivity index (χ1) is 12.9. The van der Waals surface area contributed by atoms with Crippen molar-refractivity contribution in [2.75, 3.05) is 5.75 Å². The molecule has 3 rings (SSSR count). The monoisotopic (exact) mass is 404 g/mol. The van der Waals surface area contributed by atoms with Crippen LogP contribution in [0.4, 0.5) is 4.39 Å². The molecule has 0 saturated carbocycles. The number of thioether (sulfide) groups is 1. The summed E-state index contributed by atoms with van der Waals surface area (Å²) in [6, 6.07) is 12.3. The van der Waals surface area contributed by atoms with E-state index in [4.69, 9.17) is 11.6 Å². The summed E-state index contributed by atoms with van der Waals surface area (Å²) in [6.07, 6.45) is 0. The van der Waals surface area contributed by atoms with E-state index in [9.17, 15) is 9.18 Å². The van der Waals surface area contributed by atoms with E-state index in [2.05, 4.69) is 15.5 Å². The number of nitrogens with zero attached hydrogens (tertiary/aromatic N) is 3. The first-order valence-corrected chi connectivity index (χ1v) is 9.60. The van der Waals surface area contributed by atoms with Crippen LogP contribution in [0.1, 0.15) is 11.1 Å². The molecule has 0 unspecified atom stereocenters. The molecule has 0 atom stereocenters. The molecule has 5 nitrogen and oxygen atoms in total. The van der Waals surface area contributed by atoms with E-state index in [1.807, 2.05) is 23.7 Å². The molecule has 1 amide bonds. The predicted molar refractivity (Wildman–Crippen MR) is 105 cm³/mol. The summed E-state index contributed by atoms with van der Waals surface area (Å²) in [7, 11) is 1.85. The Balaban J connectivity index is 1.56. The molecule has 1 heterocycles. The number of amides is 1. The van der Waals surface area contributed by atoms with Crippen LogP contribution in [0, 0.1) is 12.7 Å². The summed E-state index contributed by atoms with van der Waals surface area (Å²) in [6.45, 7) is 1.99. The summed E-state index contributed by atoms with van der Waals surface area (Å²) in [5, 5.41) is 12.4. The van der Waals surface area contributed by atoms with Crippen LogP contribution in [0.5, 0.6) is 0 Å². The lowest BCUT2D eigenvalue weighted by Crippen LogP contribution is -2.24. The minimum absolute atomic E-state index is 0.156. The summed E-state index contributed by atoms with van der Waals surface area (Å²) >= 11 is 7.20. The van der Waals surface area contributed by atoms with Gasteiger partial charge in [0.05, 0.1) is 5.75 Å². The number of carbonyl (C=O) groups excluding carboxylic acids is 1. The zero-order valence-electron chi connectivity index (χ0n) is 14.9. The molecule has 0 aliphatic rings. The van der Waals surface area contributed by atoms with Gasteiger partial charge < -0.3 is 9.88 Å². The Bertz CT molecular complexity index is 959. The number of aromatic nitrogens is 3. The first kappa shape index (κ1) is 19.4. The van der Waals surface area contributed by atoms with Crippen LogP contribution in [0.25, 0.3) is 11.4 Å². The minimum Gasteiger partial charge on any atom is -0.351 e. The topological polar surface area (TPSA) is 59.8 Å².